The van der Waals surface area contributed by atoms with Crippen LogP contribution in [0.5, 0.6) is 0 Å². The first kappa shape index (κ1) is 22.7. The lowest BCUT2D eigenvalue weighted by atomic mass is 9.82. The van der Waals surface area contributed by atoms with Gasteiger partial charge >= 0.3 is 0 Å². The Kier molecular flexibility index (Phi) is 5.37. The molecule has 1 aliphatic carbocycles. The highest BCUT2D eigenvalue weighted by atomic mass is 19.1. The van der Waals surface area contributed by atoms with Crippen molar-refractivity contribution in [1.82, 2.24) is 14.9 Å². The minimum Gasteiger partial charge on any atom is -0.497 e. The Morgan fingerprint density at radius 1 is 1.41 bits per heavy atom. The van der Waals surface area contributed by atoms with Crippen molar-refractivity contribution < 1.29 is 14.2 Å². The van der Waals surface area contributed by atoms with Crippen molar-refractivity contribution in [2.75, 3.05) is 7.05 Å². The maximum atomic E-state index is 14.8. The van der Waals surface area contributed by atoms with Crippen LogP contribution >= 0.6 is 0 Å². The molecule has 0 spiro atoms. The molecule has 2 aliphatic rings. The topological polar surface area (TPSA) is 76.4 Å². The van der Waals surface area contributed by atoms with Gasteiger partial charge in [-0.15, -0.1) is 0 Å². The number of hydrogen-bond acceptors (Lipinski definition) is 5. The van der Waals surface area contributed by atoms with E-state index < -0.39 is 5.60 Å². The lowest BCUT2D eigenvalue weighted by Crippen LogP contribution is -2.31. The van der Waals surface area contributed by atoms with Gasteiger partial charge in [-0.2, -0.15) is 0 Å². The number of fused-ring (bicyclic) bond motifs is 4. The van der Waals surface area contributed by atoms with E-state index in [1.807, 2.05) is 27.0 Å². The fraction of sp³-hybridized carbons (Fsp3) is 0.407. The van der Waals surface area contributed by atoms with Crippen LogP contribution in [0.25, 0.3) is 22.3 Å². The zero-order valence-corrected chi connectivity index (χ0v) is 20.1. The average molecular weight is 464 g/mol. The van der Waals surface area contributed by atoms with E-state index in [0.717, 1.165) is 34.9 Å². The van der Waals surface area contributed by atoms with Gasteiger partial charge < -0.3 is 19.7 Å². The van der Waals surface area contributed by atoms with E-state index in [-0.39, 0.29) is 24.0 Å². The lowest BCUT2D eigenvalue weighted by molar-refractivity contribution is 0.0502. The normalized spacial score (nSPS) is 17.9. The first-order chi connectivity index (χ1) is 16.2. The van der Waals surface area contributed by atoms with E-state index in [4.69, 9.17) is 9.72 Å². The molecule has 0 bridgehead atoms. The van der Waals surface area contributed by atoms with E-state index in [1.165, 1.54) is 12.3 Å². The van der Waals surface area contributed by atoms with Gasteiger partial charge in [0.25, 0.3) is 5.56 Å². The van der Waals surface area contributed by atoms with Gasteiger partial charge in [0.05, 0.1) is 40.9 Å². The van der Waals surface area contributed by atoms with Crippen LogP contribution in [0, 0.1) is 12.7 Å². The Morgan fingerprint density at radius 3 is 2.85 bits per heavy atom. The van der Waals surface area contributed by atoms with Crippen molar-refractivity contribution in [3.05, 3.63) is 74.5 Å². The van der Waals surface area contributed by atoms with Gasteiger partial charge in [-0.3, -0.25) is 4.79 Å². The Hall–Kier alpha value is -3.03. The van der Waals surface area contributed by atoms with Gasteiger partial charge in [0.15, 0.2) is 0 Å². The van der Waals surface area contributed by atoms with Crippen LogP contribution in [0.15, 0.2) is 29.8 Å². The number of rotatable bonds is 6. The minimum absolute atomic E-state index is 0.0282. The van der Waals surface area contributed by atoms with E-state index in [2.05, 4.69) is 11.9 Å². The first-order valence-corrected chi connectivity index (χ1v) is 11.8. The van der Waals surface area contributed by atoms with E-state index in [9.17, 15) is 14.3 Å². The van der Waals surface area contributed by atoms with Gasteiger partial charge in [0, 0.05) is 23.1 Å². The molecule has 0 radical (unpaired) electrons. The molecule has 0 fully saturated rings. The Balaban J connectivity index is 1.85. The minimum atomic E-state index is -1.22. The second-order valence-corrected chi connectivity index (χ2v) is 9.51. The highest BCUT2D eigenvalue weighted by molar-refractivity contribution is 5.92. The van der Waals surface area contributed by atoms with Crippen LogP contribution in [0.1, 0.15) is 66.1 Å². The molecular weight excluding hydrogens is 433 g/mol. The molecule has 5 rings (SSSR count). The quantitative estimate of drug-likeness (QED) is 0.416. The summed E-state index contributed by atoms with van der Waals surface area (Å²) in [6, 6.07) is 3.45. The molecule has 2 aromatic heterocycles. The van der Waals surface area contributed by atoms with Gasteiger partial charge in [-0.05, 0) is 68.5 Å². The highest BCUT2D eigenvalue weighted by Gasteiger charge is 2.36. The second-order valence-electron chi connectivity index (χ2n) is 9.51. The number of ether oxygens (including phenoxy) is 1. The second kappa shape index (κ2) is 8.03. The van der Waals surface area contributed by atoms with Crippen LogP contribution in [-0.4, -0.2) is 21.7 Å². The predicted molar refractivity (Wildman–Crippen MR) is 130 cm³/mol. The van der Waals surface area contributed by atoms with Gasteiger partial charge in [-0.1, -0.05) is 13.5 Å². The molecule has 34 heavy (non-hydrogen) atoms. The third-order valence-electron chi connectivity index (χ3n) is 7.70. The summed E-state index contributed by atoms with van der Waals surface area (Å²) in [5, 5.41) is 15.5. The van der Waals surface area contributed by atoms with Crippen LogP contribution in [-0.2, 0) is 29.9 Å². The lowest BCUT2D eigenvalue weighted by Gasteiger charge is -2.28. The van der Waals surface area contributed by atoms with Crippen LogP contribution in [0.4, 0.5) is 4.39 Å². The van der Waals surface area contributed by atoms with E-state index in [1.54, 1.807) is 11.5 Å². The van der Waals surface area contributed by atoms with Crippen molar-refractivity contribution in [3.8, 4) is 11.4 Å². The molecule has 0 saturated carbocycles. The largest absolute Gasteiger partial charge is 0.497 e. The third kappa shape index (κ3) is 3.14. The Morgan fingerprint density at radius 2 is 2.18 bits per heavy atom. The molecule has 6 nitrogen and oxygen atoms in total. The van der Waals surface area contributed by atoms with Crippen molar-refractivity contribution in [3.63, 3.8) is 0 Å². The van der Waals surface area contributed by atoms with Crippen molar-refractivity contribution >= 4 is 10.9 Å². The number of nitrogens with zero attached hydrogens (tertiary/aromatic N) is 2. The summed E-state index contributed by atoms with van der Waals surface area (Å²) in [5.74, 6) is -0.259. The van der Waals surface area contributed by atoms with Crippen molar-refractivity contribution in [1.29, 1.82) is 0 Å². The summed E-state index contributed by atoms with van der Waals surface area (Å²) in [4.78, 5) is 18.6. The number of pyridine rings is 2. The van der Waals surface area contributed by atoms with Gasteiger partial charge in [0.2, 0.25) is 0 Å². The fourth-order valence-electron chi connectivity index (χ4n) is 5.59. The van der Waals surface area contributed by atoms with E-state index >= 15 is 0 Å². The molecule has 1 unspecified atom stereocenters. The standard InChI is InChI=1S/C27H30FN3O3/c1-6-27(4,33)18-10-22-25-16(12-31(22)26(32)17(18)13-34-7-2)24-20(29-5)9-8-15-14(3)19(28)11-21(30-25)23(15)24/h7,10-11,20,29,33H,2,6,8-9,12-13H2,1,3-5H3/t20-,27?/m0/s1. The van der Waals surface area contributed by atoms with Gasteiger partial charge in [-0.25, -0.2) is 9.37 Å². The summed E-state index contributed by atoms with van der Waals surface area (Å²) >= 11 is 0. The zero-order valence-electron chi connectivity index (χ0n) is 20.1. The SMILES string of the molecule is C=COCc1c(C(C)(O)CC)cc2n(c1=O)Cc1c-2nc2cc(F)c(C)c3c2c1[C@@H](NC)CC3. The molecule has 1 aliphatic heterocycles. The van der Waals surface area contributed by atoms with E-state index in [0.29, 0.717) is 46.6 Å². The predicted octanol–water partition coefficient (Wildman–Crippen LogP) is 4.36. The average Bonchev–Trinajstić information content (AvgIpc) is 3.20. The molecule has 2 N–H and O–H groups in total. The number of benzene rings is 1. The molecule has 0 saturated heterocycles. The number of aryl methyl sites for hydroxylation is 1. The summed E-state index contributed by atoms with van der Waals surface area (Å²) in [5.41, 5.74) is 5.20. The summed E-state index contributed by atoms with van der Waals surface area (Å²) in [7, 11) is 1.93. The maximum absolute atomic E-state index is 14.8. The molecule has 3 heterocycles. The van der Waals surface area contributed by atoms with Gasteiger partial charge in [0.1, 0.15) is 12.4 Å². The molecule has 1 aromatic carbocycles. The number of hydrogen-bond donors (Lipinski definition) is 2. The molecule has 0 amide bonds. The smallest absolute Gasteiger partial charge is 0.258 e. The highest BCUT2D eigenvalue weighted by Crippen LogP contribution is 2.45. The fourth-order valence-corrected chi connectivity index (χ4v) is 5.59. The number of nitrogens with one attached hydrogen (secondary N) is 1. The Bertz CT molecular complexity index is 1410. The summed E-state index contributed by atoms with van der Waals surface area (Å²) in [6.07, 6.45) is 3.35. The number of halogens is 1. The number of aromatic nitrogens is 2. The molecule has 178 valence electrons. The third-order valence-corrected chi connectivity index (χ3v) is 7.70. The molecule has 3 aromatic rings. The number of aliphatic hydroxyl groups is 1. The molecule has 2 atom stereocenters. The monoisotopic (exact) mass is 463 g/mol. The maximum Gasteiger partial charge on any atom is 0.258 e. The van der Waals surface area contributed by atoms with Crippen LogP contribution < -0.4 is 10.9 Å². The van der Waals surface area contributed by atoms with Crippen LogP contribution in [0.3, 0.4) is 0 Å². The molecular formula is C27H30FN3O3. The Labute approximate surface area is 198 Å². The van der Waals surface area contributed by atoms with Crippen molar-refractivity contribution in [2.24, 2.45) is 0 Å². The summed E-state index contributed by atoms with van der Waals surface area (Å²) in [6.45, 7) is 9.39. The summed E-state index contributed by atoms with van der Waals surface area (Å²) < 4.78 is 21.9. The first-order valence-electron chi connectivity index (χ1n) is 11.8. The van der Waals surface area contributed by atoms with Crippen LogP contribution in [0.2, 0.25) is 0 Å². The molecule has 7 heteroatoms. The van der Waals surface area contributed by atoms with Crippen molar-refractivity contribution in [2.45, 2.75) is 64.8 Å². The zero-order chi connectivity index (χ0) is 24.4.